The number of halogens is 2. The van der Waals surface area contributed by atoms with E-state index < -0.39 is 17.7 Å². The second-order valence-corrected chi connectivity index (χ2v) is 8.06. The molecule has 1 unspecified atom stereocenters. The molecule has 10 heteroatoms. The summed E-state index contributed by atoms with van der Waals surface area (Å²) >= 11 is 0. The molecular weight excluding hydrogens is 444 g/mol. The molecule has 0 bridgehead atoms. The first-order valence-corrected chi connectivity index (χ1v) is 11.0. The van der Waals surface area contributed by atoms with Crippen LogP contribution in [0.15, 0.2) is 48.7 Å². The molecule has 1 aromatic heterocycles. The molecule has 180 valence electrons. The molecule has 0 saturated carbocycles. The second-order valence-electron chi connectivity index (χ2n) is 8.06. The largest absolute Gasteiger partial charge is 0.491 e. The zero-order valence-electron chi connectivity index (χ0n) is 19.1. The van der Waals surface area contributed by atoms with Gasteiger partial charge in [-0.2, -0.15) is 5.10 Å². The number of aromatic nitrogens is 2. The smallest absolute Gasteiger partial charge is 0.323 e. The number of nitrogens with one attached hydrogen (secondary N) is 2. The molecule has 4 rings (SSSR count). The van der Waals surface area contributed by atoms with Crippen LogP contribution in [0.2, 0.25) is 0 Å². The fourth-order valence-corrected chi connectivity index (χ4v) is 3.78. The van der Waals surface area contributed by atoms with E-state index >= 15 is 0 Å². The van der Waals surface area contributed by atoms with E-state index in [4.69, 9.17) is 9.47 Å². The van der Waals surface area contributed by atoms with Gasteiger partial charge in [-0.1, -0.05) is 0 Å². The van der Waals surface area contributed by atoms with E-state index in [1.54, 1.807) is 29.1 Å². The SMILES string of the molecule is CC(COc1ccc(NC(=O)Nc2ccc(F)cc2F)cc1-c1ccnn1C)N1CCOCC1. The number of hydrogen-bond donors (Lipinski definition) is 2. The van der Waals surface area contributed by atoms with Gasteiger partial charge in [0, 0.05) is 49.7 Å². The van der Waals surface area contributed by atoms with Crippen molar-refractivity contribution in [3.63, 3.8) is 0 Å². The molecule has 1 saturated heterocycles. The van der Waals surface area contributed by atoms with Crippen molar-refractivity contribution in [3.8, 4) is 17.0 Å². The van der Waals surface area contributed by atoms with Gasteiger partial charge < -0.3 is 20.1 Å². The number of amides is 2. The molecule has 2 N–H and O–H groups in total. The summed E-state index contributed by atoms with van der Waals surface area (Å²) in [4.78, 5) is 14.7. The Morgan fingerprint density at radius 2 is 1.94 bits per heavy atom. The van der Waals surface area contributed by atoms with E-state index in [0.29, 0.717) is 24.1 Å². The van der Waals surface area contributed by atoms with Gasteiger partial charge in [0.2, 0.25) is 0 Å². The van der Waals surface area contributed by atoms with E-state index in [1.807, 2.05) is 13.1 Å². The number of aryl methyl sites for hydroxylation is 1. The molecule has 34 heavy (non-hydrogen) atoms. The summed E-state index contributed by atoms with van der Waals surface area (Å²) in [5.41, 5.74) is 1.91. The Hall–Kier alpha value is -3.50. The molecular formula is C24H27F2N5O3. The van der Waals surface area contributed by atoms with Crippen molar-refractivity contribution in [2.75, 3.05) is 43.5 Å². The van der Waals surface area contributed by atoms with Crippen LogP contribution in [0.3, 0.4) is 0 Å². The normalized spacial score (nSPS) is 15.1. The number of urea groups is 1. The van der Waals surface area contributed by atoms with Crippen molar-refractivity contribution in [1.82, 2.24) is 14.7 Å². The number of carbonyl (C=O) groups is 1. The summed E-state index contributed by atoms with van der Waals surface area (Å²) in [7, 11) is 1.82. The van der Waals surface area contributed by atoms with Crippen LogP contribution in [-0.4, -0.2) is 59.7 Å². The number of nitrogens with zero attached hydrogens (tertiary/aromatic N) is 3. The predicted octanol–water partition coefficient (Wildman–Crippen LogP) is 4.11. The molecule has 2 aromatic carbocycles. The predicted molar refractivity (Wildman–Crippen MR) is 125 cm³/mol. The highest BCUT2D eigenvalue weighted by Crippen LogP contribution is 2.33. The lowest BCUT2D eigenvalue weighted by atomic mass is 10.1. The number of ether oxygens (including phenoxy) is 2. The number of rotatable bonds is 7. The van der Waals surface area contributed by atoms with Crippen LogP contribution in [-0.2, 0) is 11.8 Å². The van der Waals surface area contributed by atoms with Gasteiger partial charge in [-0.25, -0.2) is 13.6 Å². The molecule has 1 fully saturated rings. The minimum Gasteiger partial charge on any atom is -0.491 e. The quantitative estimate of drug-likeness (QED) is 0.542. The van der Waals surface area contributed by atoms with Crippen molar-refractivity contribution in [2.24, 2.45) is 7.05 Å². The first-order valence-electron chi connectivity index (χ1n) is 11.0. The van der Waals surface area contributed by atoms with E-state index in [-0.39, 0.29) is 11.7 Å². The fourth-order valence-electron chi connectivity index (χ4n) is 3.78. The minimum atomic E-state index is -0.858. The first-order chi connectivity index (χ1) is 16.4. The monoisotopic (exact) mass is 471 g/mol. The van der Waals surface area contributed by atoms with Crippen molar-refractivity contribution >= 4 is 17.4 Å². The van der Waals surface area contributed by atoms with Crippen LogP contribution in [0.1, 0.15) is 6.92 Å². The lowest BCUT2D eigenvalue weighted by Crippen LogP contribution is -2.44. The van der Waals surface area contributed by atoms with Gasteiger partial charge >= 0.3 is 6.03 Å². The Morgan fingerprint density at radius 3 is 2.65 bits per heavy atom. The van der Waals surface area contributed by atoms with Crippen LogP contribution >= 0.6 is 0 Å². The average molecular weight is 472 g/mol. The average Bonchev–Trinajstić information content (AvgIpc) is 3.26. The molecule has 3 aromatic rings. The molecule has 2 amide bonds. The number of morpholine rings is 1. The van der Waals surface area contributed by atoms with Crippen molar-refractivity contribution in [2.45, 2.75) is 13.0 Å². The van der Waals surface area contributed by atoms with Crippen molar-refractivity contribution in [3.05, 3.63) is 60.3 Å². The lowest BCUT2D eigenvalue weighted by Gasteiger charge is -2.32. The molecule has 1 aliphatic heterocycles. The van der Waals surface area contributed by atoms with Gasteiger partial charge in [0.25, 0.3) is 0 Å². The topological polar surface area (TPSA) is 80.7 Å². The first kappa shape index (κ1) is 23.7. The summed E-state index contributed by atoms with van der Waals surface area (Å²) in [6.45, 7) is 5.77. The highest BCUT2D eigenvalue weighted by molar-refractivity contribution is 6.00. The van der Waals surface area contributed by atoms with Gasteiger partial charge in [-0.3, -0.25) is 9.58 Å². The van der Waals surface area contributed by atoms with E-state index in [9.17, 15) is 13.6 Å². The third kappa shape index (κ3) is 5.70. The summed E-state index contributed by atoms with van der Waals surface area (Å²) in [6.07, 6.45) is 1.68. The summed E-state index contributed by atoms with van der Waals surface area (Å²) in [5, 5.41) is 9.30. The molecule has 0 aliphatic carbocycles. The van der Waals surface area contributed by atoms with E-state index in [2.05, 4.69) is 27.6 Å². The zero-order chi connectivity index (χ0) is 24.1. The van der Waals surface area contributed by atoms with Gasteiger partial charge in [0.1, 0.15) is 24.0 Å². The third-order valence-electron chi connectivity index (χ3n) is 5.66. The molecule has 0 spiro atoms. The van der Waals surface area contributed by atoms with Gasteiger partial charge in [0.05, 0.1) is 24.6 Å². The molecule has 8 nitrogen and oxygen atoms in total. The number of carbonyl (C=O) groups excluding carboxylic acids is 1. The minimum absolute atomic E-state index is 0.122. The van der Waals surface area contributed by atoms with Crippen LogP contribution in [0.25, 0.3) is 11.3 Å². The third-order valence-corrected chi connectivity index (χ3v) is 5.66. The molecule has 0 radical (unpaired) electrons. The number of anilines is 2. The van der Waals surface area contributed by atoms with E-state index in [0.717, 1.165) is 49.7 Å². The fraction of sp³-hybridized carbons (Fsp3) is 0.333. The maximum Gasteiger partial charge on any atom is 0.323 e. The molecule has 1 aliphatic rings. The zero-order valence-corrected chi connectivity index (χ0v) is 19.1. The maximum atomic E-state index is 13.9. The van der Waals surface area contributed by atoms with Crippen molar-refractivity contribution < 1.29 is 23.0 Å². The number of benzene rings is 2. The summed E-state index contributed by atoms with van der Waals surface area (Å²) in [5.74, 6) is -0.925. The Kier molecular flexibility index (Phi) is 7.39. The highest BCUT2D eigenvalue weighted by Gasteiger charge is 2.19. The Bertz CT molecular complexity index is 1150. The van der Waals surface area contributed by atoms with Crippen LogP contribution < -0.4 is 15.4 Å². The Morgan fingerprint density at radius 1 is 1.15 bits per heavy atom. The van der Waals surface area contributed by atoms with Crippen LogP contribution in [0.5, 0.6) is 5.75 Å². The summed E-state index contributed by atoms with van der Waals surface area (Å²) < 4.78 is 40.3. The number of hydrogen-bond acceptors (Lipinski definition) is 5. The van der Waals surface area contributed by atoms with Crippen LogP contribution in [0, 0.1) is 11.6 Å². The second kappa shape index (κ2) is 10.6. The lowest BCUT2D eigenvalue weighted by molar-refractivity contribution is 0.0106. The standard InChI is InChI=1S/C24H27F2N5O3/c1-16(31-9-11-33-12-10-31)15-34-23-6-4-18(14-19(23)22-7-8-27-30(22)2)28-24(32)29-21-5-3-17(25)13-20(21)26/h3-8,13-14,16H,9-12,15H2,1-2H3,(H2,28,29,32). The maximum absolute atomic E-state index is 13.9. The Labute approximate surface area is 196 Å². The van der Waals surface area contributed by atoms with Gasteiger partial charge in [0.15, 0.2) is 0 Å². The molecule has 2 heterocycles. The van der Waals surface area contributed by atoms with Crippen LogP contribution in [0.4, 0.5) is 25.0 Å². The van der Waals surface area contributed by atoms with Gasteiger partial charge in [-0.15, -0.1) is 0 Å². The molecule has 1 atom stereocenters. The summed E-state index contributed by atoms with van der Waals surface area (Å²) in [6, 6.07) is 9.60. The van der Waals surface area contributed by atoms with Crippen molar-refractivity contribution in [1.29, 1.82) is 0 Å². The highest BCUT2D eigenvalue weighted by atomic mass is 19.1. The van der Waals surface area contributed by atoms with Gasteiger partial charge in [-0.05, 0) is 43.3 Å². The Balaban J connectivity index is 1.49. The van der Waals surface area contributed by atoms with E-state index in [1.165, 1.54) is 0 Å².